The Kier molecular flexibility index (Phi) is 6.24. The molecule has 0 aliphatic carbocycles. The van der Waals surface area contributed by atoms with Gasteiger partial charge in [0.15, 0.2) is 11.3 Å². The van der Waals surface area contributed by atoms with E-state index < -0.39 is 0 Å². The molecule has 4 nitrogen and oxygen atoms in total. The Hall–Kier alpha value is -6.98. The molecule has 10 aromatic rings. The summed E-state index contributed by atoms with van der Waals surface area (Å²) in [5.74, 6) is 3.22. The molecular weight excluding hydrogens is 673 g/mol. The minimum absolute atomic E-state index is 0.127. The van der Waals surface area contributed by atoms with E-state index in [2.05, 4.69) is 176 Å². The van der Waals surface area contributed by atoms with E-state index in [0.29, 0.717) is 0 Å². The third kappa shape index (κ3) is 4.35. The van der Waals surface area contributed by atoms with Crippen LogP contribution in [0.5, 0.6) is 23.0 Å². The van der Waals surface area contributed by atoms with Crippen molar-refractivity contribution in [1.29, 1.82) is 0 Å². The fraction of sp³-hybridized carbons (Fsp3) is 0.0400. The minimum atomic E-state index is -0.127. The lowest BCUT2D eigenvalue weighted by Crippen LogP contribution is -2.57. The number of rotatable bonds is 3. The van der Waals surface area contributed by atoms with Crippen LogP contribution in [0.15, 0.2) is 162 Å². The number of benzene rings is 9. The number of nitrogens with zero attached hydrogens (tertiary/aromatic N) is 1. The molecule has 55 heavy (non-hydrogen) atoms. The summed E-state index contributed by atoms with van der Waals surface area (Å²) in [6, 6.07) is 56.3. The Morgan fingerprint density at radius 1 is 0.455 bits per heavy atom. The lowest BCUT2D eigenvalue weighted by molar-refractivity contribution is 0.462. The molecule has 12 rings (SSSR count). The van der Waals surface area contributed by atoms with E-state index in [1.807, 2.05) is 0 Å². The number of fused-ring (bicyclic) bond motifs is 14. The molecule has 0 radical (unpaired) electrons. The molecule has 0 unspecified atom stereocenters. The lowest BCUT2D eigenvalue weighted by Gasteiger charge is -2.34. The number of anilines is 3. The molecule has 2 aliphatic rings. The Bertz CT molecular complexity index is 3150. The first kappa shape index (κ1) is 30.5. The first-order chi connectivity index (χ1) is 27.1. The SMILES string of the molecule is Cc1ccc(N(c2ccc(C)cc2)c2cc3oc4c5c6c(cc4c3c3ccccc23)Oc2ccc3ccccc3c2B6c2c(ccc3ccccc23)O5)cc1. The number of furan rings is 1. The van der Waals surface area contributed by atoms with E-state index in [1.54, 1.807) is 0 Å². The van der Waals surface area contributed by atoms with Crippen molar-refractivity contribution in [3.8, 4) is 23.0 Å². The molecular formula is C50H32BNO3. The quantitative estimate of drug-likeness (QED) is 0.171. The summed E-state index contributed by atoms with van der Waals surface area (Å²) < 4.78 is 21.1. The second-order valence-electron chi connectivity index (χ2n) is 15.0. The maximum Gasteiger partial charge on any atom is 0.262 e. The average Bonchev–Trinajstić information content (AvgIpc) is 3.60. The molecule has 0 saturated heterocycles. The van der Waals surface area contributed by atoms with Gasteiger partial charge in [-0.3, -0.25) is 0 Å². The second kappa shape index (κ2) is 11.3. The molecule has 0 spiro atoms. The standard InChI is InChI=1S/C50H32BNO3/c1-29-15-21-33(22-16-29)52(34-23-17-30(2)18-24-34)40-28-43-45(38-14-8-7-13-37(38)40)39-27-44-48-50(49(39)55-43)54-42-26-20-32-10-4-6-12-36(32)47(42)51(48)46-35-11-5-3-9-31(35)19-25-41(46)53-44/h3-28H,1-2H3. The summed E-state index contributed by atoms with van der Waals surface area (Å²) in [6.45, 7) is 4.12. The van der Waals surface area contributed by atoms with Crippen molar-refractivity contribution in [2.75, 3.05) is 4.90 Å². The van der Waals surface area contributed by atoms with Crippen molar-refractivity contribution in [2.45, 2.75) is 13.8 Å². The van der Waals surface area contributed by atoms with Crippen LogP contribution in [-0.4, -0.2) is 6.71 Å². The molecule has 0 amide bonds. The minimum Gasteiger partial charge on any atom is -0.458 e. The number of ether oxygens (including phenoxy) is 2. The maximum absolute atomic E-state index is 7.10. The smallest absolute Gasteiger partial charge is 0.262 e. The van der Waals surface area contributed by atoms with Gasteiger partial charge in [-0.15, -0.1) is 0 Å². The van der Waals surface area contributed by atoms with Gasteiger partial charge in [-0.1, -0.05) is 120 Å². The summed E-state index contributed by atoms with van der Waals surface area (Å²) in [7, 11) is 0. The van der Waals surface area contributed by atoms with Gasteiger partial charge in [0, 0.05) is 39.1 Å². The highest BCUT2D eigenvalue weighted by Crippen LogP contribution is 2.49. The highest BCUT2D eigenvalue weighted by molar-refractivity contribution is 7.01. The summed E-state index contributed by atoms with van der Waals surface area (Å²) in [5.41, 5.74) is 10.5. The van der Waals surface area contributed by atoms with Crippen molar-refractivity contribution in [3.05, 3.63) is 169 Å². The van der Waals surface area contributed by atoms with Crippen LogP contribution in [0, 0.1) is 13.8 Å². The number of hydrogen-bond donors (Lipinski definition) is 0. The maximum atomic E-state index is 7.10. The van der Waals surface area contributed by atoms with Crippen LogP contribution < -0.4 is 30.8 Å². The van der Waals surface area contributed by atoms with Gasteiger partial charge in [0.25, 0.3) is 6.71 Å². The largest absolute Gasteiger partial charge is 0.458 e. The first-order valence-corrected chi connectivity index (χ1v) is 18.9. The van der Waals surface area contributed by atoms with Gasteiger partial charge in [-0.05, 0) is 94.2 Å². The van der Waals surface area contributed by atoms with Gasteiger partial charge >= 0.3 is 0 Å². The Morgan fingerprint density at radius 2 is 1.00 bits per heavy atom. The highest BCUT2D eigenvalue weighted by atomic mass is 16.5. The predicted octanol–water partition coefficient (Wildman–Crippen LogP) is 11.9. The molecule has 9 aromatic carbocycles. The zero-order chi connectivity index (χ0) is 36.4. The monoisotopic (exact) mass is 705 g/mol. The van der Waals surface area contributed by atoms with Crippen molar-refractivity contribution < 1.29 is 13.9 Å². The van der Waals surface area contributed by atoms with Crippen LogP contribution in [0.2, 0.25) is 0 Å². The van der Waals surface area contributed by atoms with Gasteiger partial charge in [-0.2, -0.15) is 0 Å². The van der Waals surface area contributed by atoms with Crippen molar-refractivity contribution in [3.63, 3.8) is 0 Å². The van der Waals surface area contributed by atoms with Crippen LogP contribution in [-0.2, 0) is 0 Å². The first-order valence-electron chi connectivity index (χ1n) is 18.9. The van der Waals surface area contributed by atoms with Gasteiger partial charge in [0.2, 0.25) is 0 Å². The topological polar surface area (TPSA) is 34.8 Å². The average molecular weight is 706 g/mol. The van der Waals surface area contributed by atoms with Crippen LogP contribution in [0.4, 0.5) is 17.1 Å². The molecule has 0 fully saturated rings. The fourth-order valence-corrected chi connectivity index (χ4v) is 9.16. The zero-order valence-electron chi connectivity index (χ0n) is 30.3. The van der Waals surface area contributed by atoms with Gasteiger partial charge in [0.1, 0.15) is 22.8 Å². The summed E-state index contributed by atoms with van der Waals surface area (Å²) >= 11 is 0. The third-order valence-corrected chi connectivity index (χ3v) is 11.7. The van der Waals surface area contributed by atoms with Crippen molar-refractivity contribution in [2.24, 2.45) is 0 Å². The van der Waals surface area contributed by atoms with Crippen LogP contribution in [0.3, 0.4) is 0 Å². The Morgan fingerprint density at radius 3 is 1.62 bits per heavy atom. The van der Waals surface area contributed by atoms with Gasteiger partial charge < -0.3 is 18.8 Å². The van der Waals surface area contributed by atoms with E-state index in [9.17, 15) is 0 Å². The molecule has 3 heterocycles. The molecule has 2 aliphatic heterocycles. The predicted molar refractivity (Wildman–Crippen MR) is 228 cm³/mol. The van der Waals surface area contributed by atoms with E-state index >= 15 is 0 Å². The molecule has 5 heteroatoms. The van der Waals surface area contributed by atoms with Gasteiger partial charge in [-0.25, -0.2) is 0 Å². The summed E-state index contributed by atoms with van der Waals surface area (Å²) in [5, 5.41) is 8.95. The van der Waals surface area contributed by atoms with Crippen molar-refractivity contribution >= 4 is 94.4 Å². The van der Waals surface area contributed by atoms with Crippen molar-refractivity contribution in [1.82, 2.24) is 0 Å². The zero-order valence-corrected chi connectivity index (χ0v) is 30.3. The lowest BCUT2D eigenvalue weighted by atomic mass is 9.33. The molecule has 258 valence electrons. The number of hydrogen-bond acceptors (Lipinski definition) is 4. The number of aryl methyl sites for hydroxylation is 2. The van der Waals surface area contributed by atoms with Crippen LogP contribution in [0.25, 0.3) is 54.3 Å². The van der Waals surface area contributed by atoms with Gasteiger partial charge in [0.05, 0.1) is 5.69 Å². The Labute approximate surface area is 317 Å². The van der Waals surface area contributed by atoms with E-state index in [-0.39, 0.29) is 6.71 Å². The summed E-state index contributed by atoms with van der Waals surface area (Å²) in [6.07, 6.45) is 0. The van der Waals surface area contributed by atoms with Crippen LogP contribution >= 0.6 is 0 Å². The molecule has 0 bridgehead atoms. The fourth-order valence-electron chi connectivity index (χ4n) is 9.16. The molecule has 1 aromatic heterocycles. The van der Waals surface area contributed by atoms with E-state index in [4.69, 9.17) is 13.9 Å². The Balaban J connectivity index is 1.17. The normalized spacial score (nSPS) is 12.8. The molecule has 0 atom stereocenters. The molecule has 0 saturated carbocycles. The van der Waals surface area contributed by atoms with E-state index in [0.717, 1.165) is 89.2 Å². The highest BCUT2D eigenvalue weighted by Gasteiger charge is 2.44. The third-order valence-electron chi connectivity index (χ3n) is 11.7. The van der Waals surface area contributed by atoms with E-state index in [1.165, 1.54) is 32.7 Å². The second-order valence-corrected chi connectivity index (χ2v) is 15.0. The molecule has 0 N–H and O–H groups in total. The summed E-state index contributed by atoms with van der Waals surface area (Å²) in [4.78, 5) is 2.33. The van der Waals surface area contributed by atoms with Crippen LogP contribution in [0.1, 0.15) is 11.1 Å².